The molecular formula is C15H13ClFNO4. The number of anilines is 1. The third-order valence-electron chi connectivity index (χ3n) is 3.05. The van der Waals surface area contributed by atoms with Crippen LogP contribution < -0.4 is 10.1 Å². The molecule has 22 heavy (non-hydrogen) atoms. The first-order valence-corrected chi connectivity index (χ1v) is 6.61. The van der Waals surface area contributed by atoms with Crippen molar-refractivity contribution in [1.82, 2.24) is 0 Å². The van der Waals surface area contributed by atoms with Crippen LogP contribution in [-0.4, -0.2) is 23.4 Å². The summed E-state index contributed by atoms with van der Waals surface area (Å²) in [4.78, 5) is 10.8. The number of aliphatic hydroxyl groups is 1. The van der Waals surface area contributed by atoms with E-state index < -0.39 is 18.0 Å². The molecule has 0 aliphatic rings. The molecule has 2 aromatic carbocycles. The molecule has 2 aromatic rings. The van der Waals surface area contributed by atoms with Crippen molar-refractivity contribution in [3.8, 4) is 5.75 Å². The highest BCUT2D eigenvalue weighted by atomic mass is 35.5. The molecule has 1 amide bonds. The second kappa shape index (κ2) is 6.64. The smallest absolute Gasteiger partial charge is 0.409 e. The lowest BCUT2D eigenvalue weighted by Crippen LogP contribution is -2.12. The van der Waals surface area contributed by atoms with Crippen LogP contribution in [0.5, 0.6) is 5.75 Å². The maximum absolute atomic E-state index is 13.7. The first-order chi connectivity index (χ1) is 10.4. The van der Waals surface area contributed by atoms with Gasteiger partial charge in [-0.2, -0.15) is 0 Å². The summed E-state index contributed by atoms with van der Waals surface area (Å²) in [5.41, 5.74) is 0.507. The summed E-state index contributed by atoms with van der Waals surface area (Å²) >= 11 is 5.90. The Hall–Kier alpha value is -2.31. The number of hydrogen-bond acceptors (Lipinski definition) is 3. The van der Waals surface area contributed by atoms with E-state index in [1.165, 1.54) is 43.5 Å². The monoisotopic (exact) mass is 325 g/mol. The van der Waals surface area contributed by atoms with Crippen molar-refractivity contribution in [2.75, 3.05) is 12.4 Å². The first kappa shape index (κ1) is 16.1. The fourth-order valence-electron chi connectivity index (χ4n) is 2.11. The highest BCUT2D eigenvalue weighted by Gasteiger charge is 2.21. The average molecular weight is 326 g/mol. The molecule has 0 aliphatic carbocycles. The van der Waals surface area contributed by atoms with Gasteiger partial charge in [0.1, 0.15) is 6.10 Å². The molecule has 3 N–H and O–H groups in total. The van der Waals surface area contributed by atoms with E-state index >= 15 is 0 Å². The predicted octanol–water partition coefficient (Wildman–Crippen LogP) is 3.66. The molecule has 0 spiro atoms. The second-order valence-corrected chi connectivity index (χ2v) is 4.86. The highest BCUT2D eigenvalue weighted by molar-refractivity contribution is 6.30. The van der Waals surface area contributed by atoms with Crippen LogP contribution in [0.2, 0.25) is 5.02 Å². The lowest BCUT2D eigenvalue weighted by atomic mass is 9.98. The summed E-state index contributed by atoms with van der Waals surface area (Å²) in [5.74, 6) is -0.745. The molecule has 7 heteroatoms. The standard InChI is InChI=1S/C15H13ClFNO4/c1-22-14-9(3-2-4-11(14)17)13(19)10-7-8(16)5-6-12(10)18-15(20)21/h2-7,13,18-19H,1H3,(H,20,21). The van der Waals surface area contributed by atoms with Crippen LogP contribution in [0.15, 0.2) is 36.4 Å². The Bertz CT molecular complexity index is 708. The van der Waals surface area contributed by atoms with Crippen molar-refractivity contribution >= 4 is 23.4 Å². The number of halogens is 2. The number of ether oxygens (including phenoxy) is 1. The normalized spacial score (nSPS) is 11.8. The molecule has 0 radical (unpaired) electrons. The quantitative estimate of drug-likeness (QED) is 0.801. The summed E-state index contributed by atoms with van der Waals surface area (Å²) in [6.07, 6.45) is -2.60. The fraction of sp³-hybridized carbons (Fsp3) is 0.133. The average Bonchev–Trinajstić information content (AvgIpc) is 2.47. The summed E-state index contributed by atoms with van der Waals surface area (Å²) in [7, 11) is 1.28. The van der Waals surface area contributed by atoms with Gasteiger partial charge in [0.25, 0.3) is 0 Å². The van der Waals surface area contributed by atoms with Crippen LogP contribution in [0.3, 0.4) is 0 Å². The molecule has 2 rings (SSSR count). The van der Waals surface area contributed by atoms with Gasteiger partial charge < -0.3 is 14.9 Å². The van der Waals surface area contributed by atoms with E-state index in [0.29, 0.717) is 5.02 Å². The van der Waals surface area contributed by atoms with Crippen LogP contribution >= 0.6 is 11.6 Å². The molecule has 0 saturated carbocycles. The van der Waals surface area contributed by atoms with Crippen molar-refractivity contribution in [3.63, 3.8) is 0 Å². The number of para-hydroxylation sites is 1. The van der Waals surface area contributed by atoms with Gasteiger partial charge in [-0.25, -0.2) is 9.18 Å². The number of nitrogens with one attached hydrogen (secondary N) is 1. The van der Waals surface area contributed by atoms with Crippen molar-refractivity contribution in [2.24, 2.45) is 0 Å². The van der Waals surface area contributed by atoms with Crippen LogP contribution in [0, 0.1) is 5.82 Å². The number of benzene rings is 2. The maximum Gasteiger partial charge on any atom is 0.409 e. The van der Waals surface area contributed by atoms with Crippen LogP contribution in [0.4, 0.5) is 14.9 Å². The van der Waals surface area contributed by atoms with E-state index in [2.05, 4.69) is 5.32 Å². The molecule has 0 aliphatic heterocycles. The Balaban J connectivity index is 2.53. The van der Waals surface area contributed by atoms with Crippen molar-refractivity contribution < 1.29 is 24.1 Å². The maximum atomic E-state index is 13.7. The van der Waals surface area contributed by atoms with E-state index in [1.807, 2.05) is 0 Å². The number of aliphatic hydroxyl groups excluding tert-OH is 1. The van der Waals surface area contributed by atoms with Crippen LogP contribution in [0.25, 0.3) is 0 Å². The lowest BCUT2D eigenvalue weighted by Gasteiger charge is -2.18. The van der Waals surface area contributed by atoms with Gasteiger partial charge in [0.2, 0.25) is 0 Å². The van der Waals surface area contributed by atoms with Crippen LogP contribution in [-0.2, 0) is 0 Å². The molecule has 0 fully saturated rings. The molecule has 0 bridgehead atoms. The van der Waals surface area contributed by atoms with E-state index in [1.54, 1.807) is 0 Å². The minimum absolute atomic E-state index is 0.115. The van der Waals surface area contributed by atoms with E-state index in [9.17, 15) is 14.3 Å². The number of carbonyl (C=O) groups is 1. The summed E-state index contributed by atoms with van der Waals surface area (Å²) in [6, 6.07) is 8.40. The van der Waals surface area contributed by atoms with Gasteiger partial charge in [0, 0.05) is 16.1 Å². The van der Waals surface area contributed by atoms with E-state index in [-0.39, 0.29) is 22.6 Å². The van der Waals surface area contributed by atoms with Gasteiger partial charge in [0.05, 0.1) is 12.8 Å². The topological polar surface area (TPSA) is 78.8 Å². The first-order valence-electron chi connectivity index (χ1n) is 6.24. The molecule has 116 valence electrons. The molecule has 1 unspecified atom stereocenters. The zero-order valence-corrected chi connectivity index (χ0v) is 12.3. The van der Waals surface area contributed by atoms with Gasteiger partial charge >= 0.3 is 6.09 Å². The molecule has 1 atom stereocenters. The van der Waals surface area contributed by atoms with Crippen LogP contribution in [0.1, 0.15) is 17.2 Å². The van der Waals surface area contributed by atoms with E-state index in [0.717, 1.165) is 0 Å². The zero-order valence-electron chi connectivity index (χ0n) is 11.5. The summed E-state index contributed by atoms with van der Waals surface area (Å²) in [5, 5.41) is 21.8. The Morgan fingerprint density at radius 3 is 2.68 bits per heavy atom. The highest BCUT2D eigenvalue weighted by Crippen LogP contribution is 2.36. The van der Waals surface area contributed by atoms with Gasteiger partial charge in [-0.3, -0.25) is 5.32 Å². The third-order valence-corrected chi connectivity index (χ3v) is 3.28. The molecule has 0 heterocycles. The van der Waals surface area contributed by atoms with Gasteiger partial charge in [-0.05, 0) is 24.3 Å². The van der Waals surface area contributed by atoms with Crippen molar-refractivity contribution in [2.45, 2.75) is 6.10 Å². The molecule has 5 nitrogen and oxygen atoms in total. The summed E-state index contributed by atoms with van der Waals surface area (Å²) < 4.78 is 18.7. The molecular weight excluding hydrogens is 313 g/mol. The van der Waals surface area contributed by atoms with E-state index in [4.69, 9.17) is 21.4 Å². The molecule has 0 aromatic heterocycles. The number of carboxylic acid groups (broad SMARTS) is 1. The molecule has 0 saturated heterocycles. The largest absolute Gasteiger partial charge is 0.493 e. The van der Waals surface area contributed by atoms with Gasteiger partial charge in [0.15, 0.2) is 11.6 Å². The minimum Gasteiger partial charge on any atom is -0.493 e. The SMILES string of the molecule is COc1c(F)cccc1C(O)c1cc(Cl)ccc1NC(=O)O. The Morgan fingerprint density at radius 2 is 2.05 bits per heavy atom. The number of methoxy groups -OCH3 is 1. The Labute approximate surface area is 130 Å². The third kappa shape index (κ3) is 3.29. The fourth-order valence-corrected chi connectivity index (χ4v) is 2.29. The van der Waals surface area contributed by atoms with Gasteiger partial charge in [-0.1, -0.05) is 23.7 Å². The Kier molecular flexibility index (Phi) is 4.85. The predicted molar refractivity (Wildman–Crippen MR) is 80.1 cm³/mol. The zero-order chi connectivity index (χ0) is 16.3. The minimum atomic E-state index is -1.31. The summed E-state index contributed by atoms with van der Waals surface area (Å²) in [6.45, 7) is 0. The number of hydrogen-bond donors (Lipinski definition) is 3. The second-order valence-electron chi connectivity index (χ2n) is 4.43. The lowest BCUT2D eigenvalue weighted by molar-refractivity contribution is 0.208. The number of rotatable bonds is 4. The van der Waals surface area contributed by atoms with Crippen molar-refractivity contribution in [1.29, 1.82) is 0 Å². The Morgan fingerprint density at radius 1 is 1.32 bits per heavy atom. The van der Waals surface area contributed by atoms with Gasteiger partial charge in [-0.15, -0.1) is 0 Å². The number of amides is 1. The van der Waals surface area contributed by atoms with Crippen molar-refractivity contribution in [3.05, 3.63) is 58.4 Å².